The van der Waals surface area contributed by atoms with Gasteiger partial charge in [-0.25, -0.2) is 19.5 Å². The van der Waals surface area contributed by atoms with E-state index < -0.39 is 39.0 Å². The van der Waals surface area contributed by atoms with Crippen LogP contribution in [0, 0.1) is 0 Å². The molecule has 2 aromatic heterocycles. The van der Waals surface area contributed by atoms with Gasteiger partial charge >= 0.3 is 7.82 Å². The zero-order chi connectivity index (χ0) is 20.5. The summed E-state index contributed by atoms with van der Waals surface area (Å²) in [6.45, 7) is 5.78. The van der Waals surface area contributed by atoms with Crippen molar-refractivity contribution in [2.75, 3.05) is 18.5 Å². The Morgan fingerprint density at radius 3 is 2.79 bits per heavy atom. The molecule has 1 aliphatic rings. The van der Waals surface area contributed by atoms with E-state index in [1.54, 1.807) is 0 Å². The number of anilines is 1. The van der Waals surface area contributed by atoms with Gasteiger partial charge < -0.3 is 30.1 Å². The lowest BCUT2D eigenvalue weighted by atomic mass is 10.1. The van der Waals surface area contributed by atoms with Gasteiger partial charge in [0, 0.05) is 6.54 Å². The van der Waals surface area contributed by atoms with Crippen LogP contribution < -0.4 is 5.32 Å². The number of aromatic nitrogens is 4. The molecule has 2 aromatic rings. The minimum atomic E-state index is -4.73. The molecule has 3 rings (SSSR count). The fourth-order valence-corrected chi connectivity index (χ4v) is 3.17. The van der Waals surface area contributed by atoms with Crippen molar-refractivity contribution < 1.29 is 33.8 Å². The molecule has 1 aliphatic heterocycles. The van der Waals surface area contributed by atoms with Gasteiger partial charge in [0.1, 0.15) is 24.6 Å². The van der Waals surface area contributed by atoms with Crippen molar-refractivity contribution in [2.45, 2.75) is 37.9 Å². The molecule has 0 aliphatic carbocycles. The van der Waals surface area contributed by atoms with E-state index in [0.717, 1.165) is 12.0 Å². The lowest BCUT2D eigenvalue weighted by Crippen LogP contribution is -2.33. The second kappa shape index (κ2) is 8.21. The van der Waals surface area contributed by atoms with Gasteiger partial charge in [0.2, 0.25) is 0 Å². The number of fused-ring (bicyclic) bond motifs is 1. The molecule has 3 heterocycles. The van der Waals surface area contributed by atoms with E-state index in [4.69, 9.17) is 14.5 Å². The van der Waals surface area contributed by atoms with Gasteiger partial charge in [0.15, 0.2) is 23.2 Å². The number of hydrogen-bond acceptors (Lipinski definition) is 9. The van der Waals surface area contributed by atoms with Crippen LogP contribution in [0.25, 0.3) is 11.2 Å². The van der Waals surface area contributed by atoms with E-state index in [0.29, 0.717) is 23.5 Å². The maximum atomic E-state index is 10.9. The number of rotatable bonds is 8. The number of ether oxygens (including phenoxy) is 1. The molecule has 1 saturated heterocycles. The van der Waals surface area contributed by atoms with Gasteiger partial charge in [0.25, 0.3) is 0 Å². The molecule has 12 nitrogen and oxygen atoms in total. The molecule has 154 valence electrons. The van der Waals surface area contributed by atoms with Crippen LogP contribution in [0.2, 0.25) is 0 Å². The summed E-state index contributed by atoms with van der Waals surface area (Å²) < 4.78 is 22.2. The van der Waals surface area contributed by atoms with Gasteiger partial charge in [-0.1, -0.05) is 5.57 Å². The predicted molar refractivity (Wildman–Crippen MR) is 97.2 cm³/mol. The number of imidazole rings is 1. The molecule has 0 amide bonds. The molecule has 13 heteroatoms. The molecule has 1 fully saturated rings. The Kier molecular flexibility index (Phi) is 6.10. The summed E-state index contributed by atoms with van der Waals surface area (Å²) in [6, 6.07) is 0. The molecule has 5 N–H and O–H groups in total. The summed E-state index contributed by atoms with van der Waals surface area (Å²) in [7, 11) is -4.73. The highest BCUT2D eigenvalue weighted by atomic mass is 31.2. The average molecular weight is 415 g/mol. The Morgan fingerprint density at radius 2 is 2.11 bits per heavy atom. The Balaban J connectivity index is 1.79. The molecule has 0 unspecified atom stereocenters. The number of phosphoric acid groups is 1. The zero-order valence-corrected chi connectivity index (χ0v) is 15.9. The van der Waals surface area contributed by atoms with Crippen LogP contribution in [-0.2, 0) is 13.8 Å². The predicted octanol–water partition coefficient (Wildman–Crippen LogP) is -0.0671. The number of nitrogens with one attached hydrogen (secondary N) is 1. The monoisotopic (exact) mass is 415 g/mol. The van der Waals surface area contributed by atoms with E-state index in [9.17, 15) is 14.8 Å². The summed E-state index contributed by atoms with van der Waals surface area (Å²) in [5, 5.41) is 23.6. The van der Waals surface area contributed by atoms with Crippen LogP contribution in [-0.4, -0.2) is 71.0 Å². The summed E-state index contributed by atoms with van der Waals surface area (Å²) in [5.74, 6) is 0.499. The highest BCUT2D eigenvalue weighted by Crippen LogP contribution is 2.38. The second-order valence-corrected chi connectivity index (χ2v) is 7.75. The van der Waals surface area contributed by atoms with Gasteiger partial charge in [0.05, 0.1) is 12.9 Å². The summed E-state index contributed by atoms with van der Waals surface area (Å²) >= 11 is 0. The van der Waals surface area contributed by atoms with Gasteiger partial charge in [-0.15, -0.1) is 6.58 Å². The van der Waals surface area contributed by atoms with Crippen LogP contribution in [0.4, 0.5) is 5.82 Å². The van der Waals surface area contributed by atoms with Gasteiger partial charge in [-0.2, -0.15) is 0 Å². The Morgan fingerprint density at radius 1 is 1.36 bits per heavy atom. The van der Waals surface area contributed by atoms with E-state index >= 15 is 0 Å². The Labute approximate surface area is 160 Å². The van der Waals surface area contributed by atoms with Crippen molar-refractivity contribution in [1.82, 2.24) is 19.5 Å². The van der Waals surface area contributed by atoms with E-state index in [1.807, 2.05) is 6.92 Å². The van der Waals surface area contributed by atoms with Crippen molar-refractivity contribution in [3.05, 3.63) is 24.8 Å². The van der Waals surface area contributed by atoms with Crippen molar-refractivity contribution in [1.29, 1.82) is 0 Å². The van der Waals surface area contributed by atoms with Crippen LogP contribution >= 0.6 is 7.82 Å². The molecule has 4 atom stereocenters. The first-order chi connectivity index (χ1) is 13.2. The maximum Gasteiger partial charge on any atom is 0.469 e. The normalized spacial score (nSPS) is 25.3. The van der Waals surface area contributed by atoms with Crippen molar-refractivity contribution >= 4 is 24.8 Å². The smallest absolute Gasteiger partial charge is 0.387 e. The highest BCUT2D eigenvalue weighted by Gasteiger charge is 2.45. The van der Waals surface area contributed by atoms with Crippen LogP contribution in [0.1, 0.15) is 19.6 Å². The third kappa shape index (κ3) is 4.55. The molecule has 0 bridgehead atoms. The Bertz CT molecular complexity index is 900. The second-order valence-electron chi connectivity index (χ2n) is 6.51. The number of hydrogen-bond donors (Lipinski definition) is 5. The van der Waals surface area contributed by atoms with Gasteiger partial charge in [-0.3, -0.25) is 9.09 Å². The van der Waals surface area contributed by atoms with Crippen molar-refractivity contribution in [3.8, 4) is 0 Å². The molecular formula is C15H22N5O7P. The average Bonchev–Trinajstić information content (AvgIpc) is 3.15. The third-order valence-electron chi connectivity index (χ3n) is 4.22. The maximum absolute atomic E-state index is 10.9. The molecular weight excluding hydrogens is 393 g/mol. The molecule has 28 heavy (non-hydrogen) atoms. The van der Waals surface area contributed by atoms with E-state index in [2.05, 4.69) is 31.4 Å². The Hall–Kier alpha value is -1.92. The fraction of sp³-hybridized carbons (Fsp3) is 0.533. The van der Waals surface area contributed by atoms with Crippen LogP contribution in [0.3, 0.4) is 0 Å². The zero-order valence-electron chi connectivity index (χ0n) is 15.0. The van der Waals surface area contributed by atoms with E-state index in [-0.39, 0.29) is 0 Å². The van der Waals surface area contributed by atoms with Gasteiger partial charge in [-0.05, 0) is 13.3 Å². The quantitative estimate of drug-likeness (QED) is 0.289. The first-order valence-corrected chi connectivity index (χ1v) is 9.98. The largest absolute Gasteiger partial charge is 0.469 e. The fourth-order valence-electron chi connectivity index (χ4n) is 2.83. The lowest BCUT2D eigenvalue weighted by molar-refractivity contribution is -0.0504. The number of aliphatic hydroxyl groups is 2. The summed E-state index contributed by atoms with van der Waals surface area (Å²) in [6.07, 6.45) is -1.53. The summed E-state index contributed by atoms with van der Waals surface area (Å²) in [4.78, 5) is 30.2. The molecule has 0 spiro atoms. The van der Waals surface area contributed by atoms with Crippen LogP contribution in [0.5, 0.6) is 0 Å². The van der Waals surface area contributed by atoms with E-state index in [1.165, 1.54) is 17.2 Å². The number of nitrogens with zero attached hydrogens (tertiary/aromatic N) is 4. The first kappa shape index (κ1) is 20.8. The topological polar surface area (TPSA) is 172 Å². The third-order valence-corrected chi connectivity index (χ3v) is 4.71. The van der Waals surface area contributed by atoms with Crippen molar-refractivity contribution in [3.63, 3.8) is 0 Å². The SMILES string of the molecule is C=C(C)CCNc1ncnc2c1ncn2[C@@H]1O[C@H](COP(=O)(O)O)[C@@H](O)[C@H]1O. The minimum Gasteiger partial charge on any atom is -0.387 e. The molecule has 0 radical (unpaired) electrons. The van der Waals surface area contributed by atoms with Crippen LogP contribution in [0.15, 0.2) is 24.8 Å². The minimum absolute atomic E-state index is 0.362. The molecule has 0 aromatic carbocycles. The molecule has 0 saturated carbocycles. The first-order valence-electron chi connectivity index (χ1n) is 8.45. The van der Waals surface area contributed by atoms with Crippen molar-refractivity contribution in [2.24, 2.45) is 0 Å². The number of phosphoric ester groups is 1. The lowest BCUT2D eigenvalue weighted by Gasteiger charge is -2.16. The number of aliphatic hydroxyl groups excluding tert-OH is 2. The standard InChI is InChI=1S/C15H22N5O7P/c1-8(2)3-4-16-13-10-14(18-6-17-13)20(7-19-10)15-12(22)11(21)9(27-15)5-26-28(23,24)25/h6-7,9,11-12,15,21-22H,1,3-5H2,2H3,(H,16,17,18)(H2,23,24,25)/t9-,11-,12-,15-/m1/s1. The summed E-state index contributed by atoms with van der Waals surface area (Å²) in [5.41, 5.74) is 1.83. The highest BCUT2D eigenvalue weighted by molar-refractivity contribution is 7.46.